The standard InChI is InChI=1S/C19H16N4O2S2/c1-12-10-26-19(22-12)13-4-3-5-14(8-13)23-18-16-9-15(27(2,24)25)6-7-17(16)20-11-21-18/h3-11H,1-2H3,(H,20,21,23). The Hall–Kier alpha value is -2.84. The number of rotatable bonds is 4. The summed E-state index contributed by atoms with van der Waals surface area (Å²) in [7, 11) is -3.31. The number of hydrogen-bond acceptors (Lipinski definition) is 7. The number of aromatic nitrogens is 3. The summed E-state index contributed by atoms with van der Waals surface area (Å²) in [5, 5.41) is 6.88. The van der Waals surface area contributed by atoms with Gasteiger partial charge < -0.3 is 5.32 Å². The van der Waals surface area contributed by atoms with E-state index in [1.54, 1.807) is 29.5 Å². The number of sulfone groups is 1. The summed E-state index contributed by atoms with van der Waals surface area (Å²) in [6.07, 6.45) is 2.64. The Morgan fingerprint density at radius 3 is 2.67 bits per heavy atom. The van der Waals surface area contributed by atoms with Gasteiger partial charge >= 0.3 is 0 Å². The molecule has 6 nitrogen and oxygen atoms in total. The molecule has 0 spiro atoms. The molecule has 1 N–H and O–H groups in total. The fraction of sp³-hybridized carbons (Fsp3) is 0.105. The Morgan fingerprint density at radius 1 is 1.07 bits per heavy atom. The topological polar surface area (TPSA) is 84.8 Å². The van der Waals surface area contributed by atoms with Gasteiger partial charge in [0.25, 0.3) is 0 Å². The van der Waals surface area contributed by atoms with E-state index in [4.69, 9.17) is 0 Å². The number of nitrogens with one attached hydrogen (secondary N) is 1. The number of fused-ring (bicyclic) bond motifs is 1. The largest absolute Gasteiger partial charge is 0.340 e. The van der Waals surface area contributed by atoms with Crippen molar-refractivity contribution in [2.45, 2.75) is 11.8 Å². The fourth-order valence-electron chi connectivity index (χ4n) is 2.72. The van der Waals surface area contributed by atoms with Crippen LogP contribution in [0.2, 0.25) is 0 Å². The van der Waals surface area contributed by atoms with Crippen molar-refractivity contribution in [2.24, 2.45) is 0 Å². The molecule has 0 atom stereocenters. The third kappa shape index (κ3) is 3.67. The molecule has 0 unspecified atom stereocenters. The lowest BCUT2D eigenvalue weighted by atomic mass is 10.2. The minimum atomic E-state index is -3.31. The van der Waals surface area contributed by atoms with Gasteiger partial charge in [-0.2, -0.15) is 0 Å². The SMILES string of the molecule is Cc1csc(-c2cccc(Nc3ncnc4ccc(S(C)(=O)=O)cc34)c2)n1. The van der Waals surface area contributed by atoms with Crippen LogP contribution in [0.15, 0.2) is 59.1 Å². The molecule has 0 radical (unpaired) electrons. The number of thiazole rings is 1. The van der Waals surface area contributed by atoms with E-state index in [0.29, 0.717) is 16.7 Å². The highest BCUT2D eigenvalue weighted by atomic mass is 32.2. The maximum absolute atomic E-state index is 11.9. The average molecular weight is 396 g/mol. The fourth-order valence-corrected chi connectivity index (χ4v) is 4.16. The molecule has 4 rings (SSSR count). The maximum atomic E-state index is 11.9. The third-order valence-corrected chi connectivity index (χ3v) is 6.15. The van der Waals surface area contributed by atoms with Crippen LogP contribution in [0.4, 0.5) is 11.5 Å². The number of hydrogen-bond donors (Lipinski definition) is 1. The van der Waals surface area contributed by atoms with Crippen LogP contribution in [0.25, 0.3) is 21.5 Å². The number of benzene rings is 2. The molecule has 2 heterocycles. The predicted molar refractivity (Wildman–Crippen MR) is 108 cm³/mol. The molecule has 0 saturated carbocycles. The molecule has 0 aliphatic heterocycles. The van der Waals surface area contributed by atoms with Crippen LogP contribution in [0.3, 0.4) is 0 Å². The lowest BCUT2D eigenvalue weighted by molar-refractivity contribution is 0.602. The second-order valence-electron chi connectivity index (χ2n) is 6.17. The van der Waals surface area contributed by atoms with Crippen molar-refractivity contribution >= 4 is 43.6 Å². The average Bonchev–Trinajstić information content (AvgIpc) is 3.08. The molecule has 0 fully saturated rings. The van der Waals surface area contributed by atoms with Crippen LogP contribution in [0.1, 0.15) is 5.69 Å². The van der Waals surface area contributed by atoms with Crippen molar-refractivity contribution in [3.8, 4) is 10.6 Å². The zero-order valence-corrected chi connectivity index (χ0v) is 16.3. The van der Waals surface area contributed by atoms with Gasteiger partial charge in [-0.05, 0) is 37.3 Å². The number of nitrogens with zero attached hydrogens (tertiary/aromatic N) is 3. The Bertz CT molecular complexity index is 1250. The van der Waals surface area contributed by atoms with Crippen molar-refractivity contribution < 1.29 is 8.42 Å². The van der Waals surface area contributed by atoms with Crippen LogP contribution in [0.5, 0.6) is 0 Å². The lowest BCUT2D eigenvalue weighted by Crippen LogP contribution is -2.00. The van der Waals surface area contributed by atoms with Crippen LogP contribution >= 0.6 is 11.3 Å². The number of aryl methyl sites for hydroxylation is 1. The van der Waals surface area contributed by atoms with Crippen molar-refractivity contribution in [1.29, 1.82) is 0 Å². The lowest BCUT2D eigenvalue weighted by Gasteiger charge is -2.10. The summed E-state index contributed by atoms with van der Waals surface area (Å²) in [6.45, 7) is 1.97. The zero-order valence-electron chi connectivity index (χ0n) is 14.7. The van der Waals surface area contributed by atoms with Crippen LogP contribution < -0.4 is 5.32 Å². The van der Waals surface area contributed by atoms with Gasteiger partial charge in [0.15, 0.2) is 9.84 Å². The normalized spacial score (nSPS) is 11.6. The van der Waals surface area contributed by atoms with Crippen molar-refractivity contribution in [3.63, 3.8) is 0 Å². The van der Waals surface area contributed by atoms with E-state index in [0.717, 1.165) is 22.0 Å². The van der Waals surface area contributed by atoms with Gasteiger partial charge in [-0.25, -0.2) is 23.4 Å². The van der Waals surface area contributed by atoms with Gasteiger partial charge in [0.05, 0.1) is 10.4 Å². The van der Waals surface area contributed by atoms with Crippen LogP contribution in [0, 0.1) is 6.92 Å². The molecule has 0 aliphatic rings. The first kappa shape index (κ1) is 17.6. The summed E-state index contributed by atoms with van der Waals surface area (Å²) in [5.41, 5.74) is 3.51. The zero-order chi connectivity index (χ0) is 19.0. The highest BCUT2D eigenvalue weighted by Crippen LogP contribution is 2.29. The molecule has 8 heteroatoms. The molecule has 0 amide bonds. The van der Waals surface area contributed by atoms with Gasteiger partial charge in [-0.15, -0.1) is 11.3 Å². The first-order chi connectivity index (χ1) is 12.9. The monoisotopic (exact) mass is 396 g/mol. The van der Waals surface area contributed by atoms with Gasteiger partial charge in [0, 0.05) is 34.0 Å². The molecule has 27 heavy (non-hydrogen) atoms. The maximum Gasteiger partial charge on any atom is 0.175 e. The van der Waals surface area contributed by atoms with Gasteiger partial charge in [0.2, 0.25) is 0 Å². The molecule has 4 aromatic rings. The Kier molecular flexibility index (Phi) is 4.37. The Morgan fingerprint density at radius 2 is 1.93 bits per heavy atom. The quantitative estimate of drug-likeness (QED) is 0.556. The highest BCUT2D eigenvalue weighted by Gasteiger charge is 2.12. The second-order valence-corrected chi connectivity index (χ2v) is 9.05. The summed E-state index contributed by atoms with van der Waals surface area (Å²) >= 11 is 1.59. The second kappa shape index (κ2) is 6.71. The first-order valence-electron chi connectivity index (χ1n) is 8.14. The van der Waals surface area contributed by atoms with Crippen LogP contribution in [-0.4, -0.2) is 29.6 Å². The molecular weight excluding hydrogens is 380 g/mol. The van der Waals surface area contributed by atoms with Gasteiger partial charge in [-0.3, -0.25) is 0 Å². The summed E-state index contributed by atoms with van der Waals surface area (Å²) < 4.78 is 23.8. The molecule has 0 saturated heterocycles. The first-order valence-corrected chi connectivity index (χ1v) is 10.9. The Labute approximate surface area is 160 Å². The van der Waals surface area contributed by atoms with E-state index < -0.39 is 9.84 Å². The summed E-state index contributed by atoms with van der Waals surface area (Å²) in [6, 6.07) is 12.7. The minimum Gasteiger partial charge on any atom is -0.340 e. The molecule has 0 aliphatic carbocycles. The summed E-state index contributed by atoms with van der Waals surface area (Å²) in [4.78, 5) is 13.3. The van der Waals surface area contributed by atoms with Crippen molar-refractivity contribution in [3.05, 3.63) is 59.9 Å². The molecule has 2 aromatic heterocycles. The van der Waals surface area contributed by atoms with E-state index in [-0.39, 0.29) is 4.90 Å². The predicted octanol–water partition coefficient (Wildman–Crippen LogP) is 4.21. The number of anilines is 2. The van der Waals surface area contributed by atoms with Crippen molar-refractivity contribution in [1.82, 2.24) is 15.0 Å². The molecule has 136 valence electrons. The van der Waals surface area contributed by atoms with E-state index in [9.17, 15) is 8.42 Å². The van der Waals surface area contributed by atoms with Gasteiger partial charge in [-0.1, -0.05) is 12.1 Å². The summed E-state index contributed by atoms with van der Waals surface area (Å²) in [5.74, 6) is 0.554. The van der Waals surface area contributed by atoms with E-state index >= 15 is 0 Å². The smallest absolute Gasteiger partial charge is 0.175 e. The Balaban J connectivity index is 1.75. The third-order valence-electron chi connectivity index (χ3n) is 4.03. The van der Waals surface area contributed by atoms with Gasteiger partial charge in [0.1, 0.15) is 17.2 Å². The molecular formula is C19H16N4O2S2. The van der Waals surface area contributed by atoms with E-state index in [2.05, 4.69) is 20.3 Å². The molecule has 2 aromatic carbocycles. The van der Waals surface area contributed by atoms with E-state index in [1.165, 1.54) is 12.6 Å². The van der Waals surface area contributed by atoms with Crippen LogP contribution in [-0.2, 0) is 9.84 Å². The highest BCUT2D eigenvalue weighted by molar-refractivity contribution is 7.90. The molecule has 0 bridgehead atoms. The minimum absolute atomic E-state index is 0.236. The van der Waals surface area contributed by atoms with Crippen molar-refractivity contribution in [2.75, 3.05) is 11.6 Å². The van der Waals surface area contributed by atoms with E-state index in [1.807, 2.05) is 36.6 Å².